The third-order valence-corrected chi connectivity index (χ3v) is 3.92. The molecule has 16 heavy (non-hydrogen) atoms. The lowest BCUT2D eigenvalue weighted by atomic mass is 10.0. The predicted molar refractivity (Wildman–Crippen MR) is 67.7 cm³/mol. The normalized spacial score (nSPS) is 18.9. The molecule has 1 fully saturated rings. The summed E-state index contributed by atoms with van der Waals surface area (Å²) in [6, 6.07) is 6.15. The van der Waals surface area contributed by atoms with Gasteiger partial charge < -0.3 is 5.32 Å². The Morgan fingerprint density at radius 1 is 1.38 bits per heavy atom. The summed E-state index contributed by atoms with van der Waals surface area (Å²) in [5.74, 6) is 0.707. The van der Waals surface area contributed by atoms with E-state index < -0.39 is 0 Å². The second kappa shape index (κ2) is 5.15. The van der Waals surface area contributed by atoms with Crippen LogP contribution in [0.2, 0.25) is 0 Å². The molecule has 0 aromatic carbocycles. The standard InChI is InChI=1S/C13H19ClN2/c1-11-5-4-6-12(16-11)9-15-13(10-14)7-2-3-8-13/h4-6,15H,2-3,7-10H2,1H3. The van der Waals surface area contributed by atoms with Crippen molar-refractivity contribution in [2.75, 3.05) is 5.88 Å². The van der Waals surface area contributed by atoms with Gasteiger partial charge in [0.15, 0.2) is 0 Å². The van der Waals surface area contributed by atoms with E-state index in [4.69, 9.17) is 11.6 Å². The van der Waals surface area contributed by atoms with E-state index in [0.717, 1.165) is 17.9 Å². The smallest absolute Gasteiger partial charge is 0.0545 e. The third kappa shape index (κ3) is 2.74. The Morgan fingerprint density at radius 3 is 2.75 bits per heavy atom. The van der Waals surface area contributed by atoms with Crippen molar-refractivity contribution in [3.63, 3.8) is 0 Å². The minimum atomic E-state index is 0.160. The number of halogens is 1. The first-order valence-corrected chi connectivity index (χ1v) is 6.51. The van der Waals surface area contributed by atoms with Crippen molar-refractivity contribution in [1.82, 2.24) is 10.3 Å². The zero-order valence-corrected chi connectivity index (χ0v) is 10.6. The highest BCUT2D eigenvalue weighted by atomic mass is 35.5. The molecule has 1 aromatic rings. The molecular weight excluding hydrogens is 220 g/mol. The lowest BCUT2D eigenvalue weighted by Crippen LogP contribution is -2.44. The van der Waals surface area contributed by atoms with Gasteiger partial charge in [0, 0.05) is 23.7 Å². The number of rotatable bonds is 4. The zero-order valence-electron chi connectivity index (χ0n) is 9.80. The molecule has 88 valence electrons. The lowest BCUT2D eigenvalue weighted by Gasteiger charge is -2.27. The Kier molecular flexibility index (Phi) is 3.82. The van der Waals surface area contributed by atoms with Crippen molar-refractivity contribution in [2.24, 2.45) is 0 Å². The van der Waals surface area contributed by atoms with E-state index in [1.807, 2.05) is 13.0 Å². The van der Waals surface area contributed by atoms with Gasteiger partial charge in [0.05, 0.1) is 5.69 Å². The third-order valence-electron chi connectivity index (χ3n) is 3.41. The Balaban J connectivity index is 1.95. The van der Waals surface area contributed by atoms with Crippen molar-refractivity contribution >= 4 is 11.6 Å². The number of hydrogen-bond acceptors (Lipinski definition) is 2. The maximum absolute atomic E-state index is 6.08. The van der Waals surface area contributed by atoms with Gasteiger partial charge in [0.2, 0.25) is 0 Å². The van der Waals surface area contributed by atoms with E-state index in [1.165, 1.54) is 25.7 Å². The molecule has 0 atom stereocenters. The molecule has 3 heteroatoms. The number of aromatic nitrogens is 1. The van der Waals surface area contributed by atoms with Gasteiger partial charge in [-0.1, -0.05) is 18.9 Å². The van der Waals surface area contributed by atoms with Crippen LogP contribution >= 0.6 is 11.6 Å². The molecule has 1 heterocycles. The summed E-state index contributed by atoms with van der Waals surface area (Å²) < 4.78 is 0. The van der Waals surface area contributed by atoms with Crippen LogP contribution in [-0.4, -0.2) is 16.4 Å². The highest BCUT2D eigenvalue weighted by molar-refractivity contribution is 6.18. The van der Waals surface area contributed by atoms with Gasteiger partial charge in [0.1, 0.15) is 0 Å². The van der Waals surface area contributed by atoms with E-state index in [1.54, 1.807) is 0 Å². The first-order chi connectivity index (χ1) is 7.74. The molecule has 1 aliphatic carbocycles. The maximum atomic E-state index is 6.08. The monoisotopic (exact) mass is 238 g/mol. The fraction of sp³-hybridized carbons (Fsp3) is 0.615. The molecule has 1 aliphatic rings. The zero-order chi connectivity index (χ0) is 11.4. The number of aryl methyl sites for hydroxylation is 1. The average molecular weight is 239 g/mol. The van der Waals surface area contributed by atoms with Crippen LogP contribution in [0.3, 0.4) is 0 Å². The van der Waals surface area contributed by atoms with Crippen LogP contribution in [0.15, 0.2) is 18.2 Å². The van der Waals surface area contributed by atoms with Crippen LogP contribution in [0.1, 0.15) is 37.1 Å². The molecule has 0 aliphatic heterocycles. The Morgan fingerprint density at radius 2 is 2.12 bits per heavy atom. The molecule has 1 aromatic heterocycles. The van der Waals surface area contributed by atoms with Crippen LogP contribution in [0.5, 0.6) is 0 Å². The fourth-order valence-corrected chi connectivity index (χ4v) is 2.75. The molecule has 0 spiro atoms. The molecule has 0 saturated heterocycles. The molecule has 0 radical (unpaired) electrons. The summed E-state index contributed by atoms with van der Waals surface area (Å²) in [5.41, 5.74) is 2.34. The number of nitrogens with zero attached hydrogens (tertiary/aromatic N) is 1. The summed E-state index contributed by atoms with van der Waals surface area (Å²) in [4.78, 5) is 4.49. The second-order valence-corrected chi connectivity index (χ2v) is 5.01. The number of pyridine rings is 1. The van der Waals surface area contributed by atoms with Gasteiger partial charge in [0.25, 0.3) is 0 Å². The Hall–Kier alpha value is -0.600. The Bertz CT molecular complexity index is 346. The number of alkyl halides is 1. The number of nitrogens with one attached hydrogen (secondary N) is 1. The predicted octanol–water partition coefficient (Wildman–Crippen LogP) is 3.03. The maximum Gasteiger partial charge on any atom is 0.0545 e. The lowest BCUT2D eigenvalue weighted by molar-refractivity contribution is 0.365. The summed E-state index contributed by atoms with van der Waals surface area (Å²) in [6.07, 6.45) is 4.98. The summed E-state index contributed by atoms with van der Waals surface area (Å²) in [6.45, 7) is 2.85. The van der Waals surface area contributed by atoms with Crippen LogP contribution in [-0.2, 0) is 6.54 Å². The van der Waals surface area contributed by atoms with Gasteiger partial charge in [-0.2, -0.15) is 0 Å². The van der Waals surface area contributed by atoms with Gasteiger partial charge >= 0.3 is 0 Å². The van der Waals surface area contributed by atoms with Crippen LogP contribution < -0.4 is 5.32 Å². The quantitative estimate of drug-likeness (QED) is 0.816. The van der Waals surface area contributed by atoms with Crippen LogP contribution in [0.25, 0.3) is 0 Å². The minimum absolute atomic E-state index is 0.160. The van der Waals surface area contributed by atoms with Crippen LogP contribution in [0.4, 0.5) is 0 Å². The largest absolute Gasteiger partial charge is 0.304 e. The van der Waals surface area contributed by atoms with Crippen molar-refractivity contribution in [3.8, 4) is 0 Å². The first-order valence-electron chi connectivity index (χ1n) is 5.98. The van der Waals surface area contributed by atoms with Gasteiger partial charge in [-0.3, -0.25) is 4.98 Å². The second-order valence-electron chi connectivity index (χ2n) is 4.74. The first kappa shape index (κ1) is 11.9. The van der Waals surface area contributed by atoms with E-state index in [-0.39, 0.29) is 5.54 Å². The minimum Gasteiger partial charge on any atom is -0.304 e. The van der Waals surface area contributed by atoms with E-state index in [9.17, 15) is 0 Å². The SMILES string of the molecule is Cc1cccc(CNC2(CCl)CCCC2)n1. The summed E-state index contributed by atoms with van der Waals surface area (Å²) >= 11 is 6.08. The Labute approximate surface area is 102 Å². The van der Waals surface area contributed by atoms with Crippen molar-refractivity contribution in [2.45, 2.75) is 44.7 Å². The van der Waals surface area contributed by atoms with Crippen LogP contribution in [0, 0.1) is 6.92 Å². The van der Waals surface area contributed by atoms with Gasteiger partial charge in [-0.05, 0) is 31.9 Å². The van der Waals surface area contributed by atoms with Crippen molar-refractivity contribution in [3.05, 3.63) is 29.6 Å². The molecule has 1 saturated carbocycles. The molecular formula is C13H19ClN2. The summed E-state index contributed by atoms with van der Waals surface area (Å²) in [7, 11) is 0. The molecule has 2 rings (SSSR count). The molecule has 0 amide bonds. The molecule has 0 unspecified atom stereocenters. The molecule has 0 bridgehead atoms. The molecule has 2 nitrogen and oxygen atoms in total. The fourth-order valence-electron chi connectivity index (χ4n) is 2.39. The molecule has 1 N–H and O–H groups in total. The van der Waals surface area contributed by atoms with E-state index in [2.05, 4.69) is 22.4 Å². The van der Waals surface area contributed by atoms with E-state index >= 15 is 0 Å². The topological polar surface area (TPSA) is 24.9 Å². The average Bonchev–Trinajstić information content (AvgIpc) is 2.76. The van der Waals surface area contributed by atoms with Crippen molar-refractivity contribution < 1.29 is 0 Å². The summed E-state index contributed by atoms with van der Waals surface area (Å²) in [5, 5.41) is 3.59. The van der Waals surface area contributed by atoms with E-state index in [0.29, 0.717) is 5.88 Å². The van der Waals surface area contributed by atoms with Crippen molar-refractivity contribution in [1.29, 1.82) is 0 Å². The highest BCUT2D eigenvalue weighted by Gasteiger charge is 2.32. The number of hydrogen-bond donors (Lipinski definition) is 1. The van der Waals surface area contributed by atoms with Gasteiger partial charge in [-0.25, -0.2) is 0 Å². The highest BCUT2D eigenvalue weighted by Crippen LogP contribution is 2.30. The van der Waals surface area contributed by atoms with Gasteiger partial charge in [-0.15, -0.1) is 11.6 Å².